The lowest BCUT2D eigenvalue weighted by molar-refractivity contribution is -0.132. The third kappa shape index (κ3) is 4.60. The van der Waals surface area contributed by atoms with Crippen molar-refractivity contribution in [2.24, 2.45) is 5.73 Å². The summed E-state index contributed by atoms with van der Waals surface area (Å²) in [6, 6.07) is 6.87. The van der Waals surface area contributed by atoms with Crippen LogP contribution in [0.2, 0.25) is 0 Å². The Labute approximate surface area is 120 Å². The lowest BCUT2D eigenvalue weighted by atomic mass is 10.1. The maximum atomic E-state index is 13.2. The van der Waals surface area contributed by atoms with E-state index in [4.69, 9.17) is 5.73 Å². The van der Waals surface area contributed by atoms with Crippen LogP contribution in [0.4, 0.5) is 4.39 Å². The second-order valence-electron chi connectivity index (χ2n) is 5.48. The van der Waals surface area contributed by atoms with Crippen molar-refractivity contribution < 1.29 is 9.18 Å². The minimum absolute atomic E-state index is 0.189. The van der Waals surface area contributed by atoms with Crippen LogP contribution < -0.4 is 5.73 Å². The van der Waals surface area contributed by atoms with Gasteiger partial charge in [-0.3, -0.25) is 4.79 Å². The fraction of sp³-hybridized carbons (Fsp3) is 0.562. The number of amides is 1. The molecule has 0 bridgehead atoms. The van der Waals surface area contributed by atoms with Gasteiger partial charge in [-0.05, 0) is 49.9 Å². The van der Waals surface area contributed by atoms with Crippen LogP contribution >= 0.6 is 0 Å². The monoisotopic (exact) mass is 278 g/mol. The lowest BCUT2D eigenvalue weighted by Crippen LogP contribution is -2.32. The summed E-state index contributed by atoms with van der Waals surface area (Å²) in [4.78, 5) is 14.2. The van der Waals surface area contributed by atoms with Gasteiger partial charge >= 0.3 is 0 Å². The maximum absolute atomic E-state index is 13.2. The first kappa shape index (κ1) is 15.0. The zero-order valence-corrected chi connectivity index (χ0v) is 11.9. The molecule has 2 rings (SSSR count). The van der Waals surface area contributed by atoms with E-state index < -0.39 is 0 Å². The van der Waals surface area contributed by atoms with Crippen molar-refractivity contribution in [1.82, 2.24) is 4.90 Å². The molecular formula is C16H23FN2O. The van der Waals surface area contributed by atoms with E-state index in [2.05, 4.69) is 0 Å². The van der Waals surface area contributed by atoms with Crippen molar-refractivity contribution in [1.29, 1.82) is 0 Å². The number of nitrogens with zero attached hydrogens (tertiary/aromatic N) is 1. The molecule has 1 aromatic carbocycles. The number of hydrogen-bond acceptors (Lipinski definition) is 2. The molecule has 0 atom stereocenters. The fourth-order valence-electron chi connectivity index (χ4n) is 2.38. The number of hydrogen-bond donors (Lipinski definition) is 1. The van der Waals surface area contributed by atoms with E-state index in [1.807, 2.05) is 11.0 Å². The highest BCUT2D eigenvalue weighted by molar-refractivity contribution is 5.76. The molecule has 1 aromatic rings. The van der Waals surface area contributed by atoms with Crippen LogP contribution in [0.1, 0.15) is 44.1 Å². The zero-order chi connectivity index (χ0) is 14.4. The van der Waals surface area contributed by atoms with Gasteiger partial charge in [-0.1, -0.05) is 18.6 Å². The molecule has 0 aromatic heterocycles. The number of rotatable bonds is 8. The molecule has 4 heteroatoms. The smallest absolute Gasteiger partial charge is 0.223 e. The van der Waals surface area contributed by atoms with Gasteiger partial charge in [0.25, 0.3) is 0 Å². The third-order valence-corrected chi connectivity index (χ3v) is 3.64. The summed E-state index contributed by atoms with van der Waals surface area (Å²) in [7, 11) is 0. The Hall–Kier alpha value is -1.42. The van der Waals surface area contributed by atoms with Gasteiger partial charge < -0.3 is 10.6 Å². The molecule has 1 fully saturated rings. The van der Waals surface area contributed by atoms with Crippen molar-refractivity contribution in [2.75, 3.05) is 6.54 Å². The van der Waals surface area contributed by atoms with Crippen LogP contribution in [0.5, 0.6) is 0 Å². The number of unbranched alkanes of at least 4 members (excludes halogenated alkanes) is 2. The first-order valence-electron chi connectivity index (χ1n) is 7.44. The summed E-state index contributed by atoms with van der Waals surface area (Å²) in [5.74, 6) is -0.0533. The van der Waals surface area contributed by atoms with E-state index in [-0.39, 0.29) is 11.7 Å². The van der Waals surface area contributed by atoms with Crippen LogP contribution in [0, 0.1) is 5.82 Å². The molecule has 0 unspecified atom stereocenters. The molecule has 1 aliphatic rings. The van der Waals surface area contributed by atoms with E-state index in [1.54, 1.807) is 6.07 Å². The Morgan fingerprint density at radius 1 is 1.30 bits per heavy atom. The van der Waals surface area contributed by atoms with Crippen molar-refractivity contribution in [2.45, 2.75) is 51.1 Å². The van der Waals surface area contributed by atoms with E-state index in [9.17, 15) is 9.18 Å². The predicted octanol–water partition coefficient (Wildman–Crippen LogP) is 2.84. The van der Waals surface area contributed by atoms with Crippen molar-refractivity contribution >= 4 is 5.91 Å². The first-order valence-corrected chi connectivity index (χ1v) is 7.44. The summed E-state index contributed by atoms with van der Waals surface area (Å²) in [6.07, 6.45) is 5.59. The highest BCUT2D eigenvalue weighted by Gasteiger charge is 2.32. The largest absolute Gasteiger partial charge is 0.335 e. The summed E-state index contributed by atoms with van der Waals surface area (Å²) >= 11 is 0. The molecule has 0 heterocycles. The highest BCUT2D eigenvalue weighted by Crippen LogP contribution is 2.29. The predicted molar refractivity (Wildman–Crippen MR) is 77.5 cm³/mol. The molecule has 0 radical (unpaired) electrons. The molecular weight excluding hydrogens is 255 g/mol. The summed E-state index contributed by atoms with van der Waals surface area (Å²) in [6.45, 7) is 1.21. The Kier molecular flexibility index (Phi) is 5.53. The maximum Gasteiger partial charge on any atom is 0.223 e. The Morgan fingerprint density at radius 3 is 2.75 bits per heavy atom. The number of nitrogens with two attached hydrogens (primary N) is 1. The number of halogens is 1. The van der Waals surface area contributed by atoms with Gasteiger partial charge in [0.1, 0.15) is 5.82 Å². The van der Waals surface area contributed by atoms with Crippen molar-refractivity contribution in [3.63, 3.8) is 0 Å². The normalized spacial score (nSPS) is 14.3. The van der Waals surface area contributed by atoms with Crippen molar-refractivity contribution in [3.05, 3.63) is 35.6 Å². The van der Waals surface area contributed by atoms with Gasteiger partial charge in [0.05, 0.1) is 0 Å². The van der Waals surface area contributed by atoms with Crippen LogP contribution in [0.3, 0.4) is 0 Å². The Bertz CT molecular complexity index is 446. The van der Waals surface area contributed by atoms with Gasteiger partial charge in [0.15, 0.2) is 0 Å². The van der Waals surface area contributed by atoms with Gasteiger partial charge in [-0.15, -0.1) is 0 Å². The Balaban J connectivity index is 1.88. The van der Waals surface area contributed by atoms with Crippen LogP contribution in [-0.2, 0) is 11.3 Å². The third-order valence-electron chi connectivity index (χ3n) is 3.64. The van der Waals surface area contributed by atoms with E-state index in [0.29, 0.717) is 25.6 Å². The highest BCUT2D eigenvalue weighted by atomic mass is 19.1. The number of carbonyl (C=O) groups excluding carboxylic acids is 1. The average Bonchev–Trinajstić information content (AvgIpc) is 3.25. The molecule has 0 saturated heterocycles. The molecule has 2 N–H and O–H groups in total. The molecule has 110 valence electrons. The van der Waals surface area contributed by atoms with E-state index in [0.717, 1.165) is 37.7 Å². The number of carbonyl (C=O) groups is 1. The van der Waals surface area contributed by atoms with Gasteiger partial charge in [-0.2, -0.15) is 0 Å². The van der Waals surface area contributed by atoms with E-state index in [1.165, 1.54) is 12.1 Å². The molecule has 3 nitrogen and oxygen atoms in total. The molecule has 20 heavy (non-hydrogen) atoms. The van der Waals surface area contributed by atoms with Gasteiger partial charge in [0, 0.05) is 19.0 Å². The van der Waals surface area contributed by atoms with Crippen molar-refractivity contribution in [3.8, 4) is 0 Å². The zero-order valence-electron chi connectivity index (χ0n) is 11.9. The lowest BCUT2D eigenvalue weighted by Gasteiger charge is -2.22. The summed E-state index contributed by atoms with van der Waals surface area (Å²) < 4.78 is 13.2. The SMILES string of the molecule is NCCCCCC(=O)N(Cc1cccc(F)c1)C1CC1. The van der Waals surface area contributed by atoms with Gasteiger partial charge in [-0.25, -0.2) is 4.39 Å². The van der Waals surface area contributed by atoms with E-state index >= 15 is 0 Å². The average molecular weight is 278 g/mol. The topological polar surface area (TPSA) is 46.3 Å². The Morgan fingerprint density at radius 2 is 2.10 bits per heavy atom. The second kappa shape index (κ2) is 7.39. The quantitative estimate of drug-likeness (QED) is 0.743. The minimum Gasteiger partial charge on any atom is -0.335 e. The summed E-state index contributed by atoms with van der Waals surface area (Å²) in [5.41, 5.74) is 6.32. The van der Waals surface area contributed by atoms with Crippen LogP contribution in [0.25, 0.3) is 0 Å². The number of benzene rings is 1. The molecule has 1 saturated carbocycles. The molecule has 0 aliphatic heterocycles. The second-order valence-corrected chi connectivity index (χ2v) is 5.48. The van der Waals surface area contributed by atoms with Crippen LogP contribution in [0.15, 0.2) is 24.3 Å². The standard InChI is InChI=1S/C16H23FN2O/c17-14-6-4-5-13(11-14)12-19(15-8-9-15)16(20)7-2-1-3-10-18/h4-6,11,15H,1-3,7-10,12,18H2. The first-order chi connectivity index (χ1) is 9.70. The molecule has 1 amide bonds. The molecule has 1 aliphatic carbocycles. The summed E-state index contributed by atoms with van der Waals surface area (Å²) in [5, 5.41) is 0. The van der Waals surface area contributed by atoms with Crippen LogP contribution in [-0.4, -0.2) is 23.4 Å². The van der Waals surface area contributed by atoms with Gasteiger partial charge in [0.2, 0.25) is 5.91 Å². The minimum atomic E-state index is -0.242. The molecule has 0 spiro atoms. The fourth-order valence-corrected chi connectivity index (χ4v) is 2.38.